The largest absolute Gasteiger partial charge is 0.743 e. The molecule has 45 heavy (non-hydrogen) atoms. The van der Waals surface area contributed by atoms with Crippen LogP contribution in [0.4, 0.5) is 22.0 Å². The number of halogens is 5. The first kappa shape index (κ1) is 35.5. The van der Waals surface area contributed by atoms with Crippen LogP contribution in [0.1, 0.15) is 31.1 Å². The quantitative estimate of drug-likeness (QED) is 0.0822. The molecule has 0 radical (unpaired) electrons. The normalized spacial score (nSPS) is 12.9. The predicted molar refractivity (Wildman–Crippen MR) is 158 cm³/mol. The lowest BCUT2D eigenvalue weighted by molar-refractivity contribution is -0.248. The summed E-state index contributed by atoms with van der Waals surface area (Å²) in [6, 6.07) is 35.6. The van der Waals surface area contributed by atoms with Crippen molar-refractivity contribution in [2.24, 2.45) is 0 Å². The van der Waals surface area contributed by atoms with E-state index in [0.717, 1.165) is 17.9 Å². The average molecular weight is 669 g/mol. The van der Waals surface area contributed by atoms with Gasteiger partial charge in [0.15, 0.2) is 24.8 Å². The maximum atomic E-state index is 13.1. The molecule has 0 aliphatic carbocycles. The van der Waals surface area contributed by atoms with Crippen LogP contribution in [0.3, 0.4) is 0 Å². The fraction of sp³-hybridized carbons (Fsp3) is 0.219. The van der Waals surface area contributed by atoms with Gasteiger partial charge in [0.1, 0.15) is 11.4 Å². The lowest BCUT2D eigenvalue weighted by Gasteiger charge is -2.29. The summed E-state index contributed by atoms with van der Waals surface area (Å²) >= 11 is 0. The Balaban J connectivity index is 0.000000248. The van der Waals surface area contributed by atoms with E-state index in [4.69, 9.17) is 4.74 Å². The van der Waals surface area contributed by atoms with Crippen LogP contribution < -0.4 is 4.74 Å². The van der Waals surface area contributed by atoms with E-state index in [2.05, 4.69) is 110 Å². The van der Waals surface area contributed by atoms with Gasteiger partial charge in [-0.15, -0.1) is 0 Å². The fourth-order valence-electron chi connectivity index (χ4n) is 3.73. The summed E-state index contributed by atoms with van der Waals surface area (Å²) in [5.41, 5.74) is -0.701. The molecule has 0 bridgehead atoms. The van der Waals surface area contributed by atoms with Gasteiger partial charge in [-0.3, -0.25) is 0 Å². The molecule has 4 aromatic rings. The lowest BCUT2D eigenvalue weighted by Crippen LogP contribution is -2.52. The van der Waals surface area contributed by atoms with Crippen molar-refractivity contribution in [1.29, 1.82) is 0 Å². The standard InChI is InChI=1S/C22H23OS.C10H7F5O5S/c1-22(2,3)23-18-14-16-21(17-15-18)24(19-10-6-4-7-11-19)20-12-8-5-9-13-20;11-9(12,13)8(10(14,15)21(17,18)19)20-7(16)6-4-2-1-3-5-6/h4-17H,1-3H3;1-5,8H,(H,17,18,19)/q+1;/p-1. The highest BCUT2D eigenvalue weighted by molar-refractivity contribution is 7.97. The zero-order chi connectivity index (χ0) is 33.5. The molecule has 0 aliphatic heterocycles. The highest BCUT2D eigenvalue weighted by Crippen LogP contribution is 2.38. The SMILES string of the molecule is CC(C)(C)Oc1ccc([S+](c2ccccc2)c2ccccc2)cc1.O=C(OC(C(F)(F)F)C(F)(F)S(=O)(=O)[O-])c1ccccc1. The van der Waals surface area contributed by atoms with E-state index in [1.807, 2.05) is 0 Å². The number of rotatable bonds is 8. The summed E-state index contributed by atoms with van der Waals surface area (Å²) in [6.07, 6.45) is -10.4. The van der Waals surface area contributed by atoms with Gasteiger partial charge in [0.2, 0.25) is 0 Å². The number of alkyl halides is 5. The summed E-state index contributed by atoms with van der Waals surface area (Å²) < 4.78 is 104. The van der Waals surface area contributed by atoms with E-state index in [9.17, 15) is 39.7 Å². The molecule has 240 valence electrons. The van der Waals surface area contributed by atoms with Crippen LogP contribution >= 0.6 is 0 Å². The van der Waals surface area contributed by atoms with Crippen LogP contribution in [0.5, 0.6) is 5.75 Å². The topological polar surface area (TPSA) is 92.7 Å². The fourth-order valence-corrected chi connectivity index (χ4v) is 6.25. The van der Waals surface area contributed by atoms with Crippen molar-refractivity contribution in [1.82, 2.24) is 0 Å². The smallest absolute Gasteiger partial charge is 0.432 e. The maximum absolute atomic E-state index is 13.1. The molecule has 4 aromatic carbocycles. The second kappa shape index (κ2) is 14.4. The minimum Gasteiger partial charge on any atom is -0.743 e. The first-order chi connectivity index (χ1) is 20.9. The van der Waals surface area contributed by atoms with E-state index in [-0.39, 0.29) is 16.5 Å². The maximum Gasteiger partial charge on any atom is 0.432 e. The van der Waals surface area contributed by atoms with Crippen LogP contribution in [-0.4, -0.2) is 42.1 Å². The van der Waals surface area contributed by atoms with Crippen molar-refractivity contribution in [2.45, 2.75) is 58.6 Å². The van der Waals surface area contributed by atoms with Crippen LogP contribution in [0.15, 0.2) is 130 Å². The molecule has 1 unspecified atom stereocenters. The molecular weight excluding hydrogens is 639 g/mol. The van der Waals surface area contributed by atoms with Crippen LogP contribution in [0.25, 0.3) is 0 Å². The second-order valence-corrected chi connectivity index (χ2v) is 13.8. The Hall–Kier alpha value is -3.94. The van der Waals surface area contributed by atoms with E-state index in [1.54, 1.807) is 0 Å². The molecule has 0 heterocycles. The number of esters is 1. The van der Waals surface area contributed by atoms with Crippen LogP contribution in [0, 0.1) is 0 Å². The molecule has 4 rings (SSSR count). The van der Waals surface area contributed by atoms with Crippen molar-refractivity contribution in [2.75, 3.05) is 0 Å². The van der Waals surface area contributed by atoms with Gasteiger partial charge in [0, 0.05) is 0 Å². The first-order valence-electron chi connectivity index (χ1n) is 13.2. The summed E-state index contributed by atoms with van der Waals surface area (Å²) in [5, 5.41) is -5.85. The third-order valence-corrected chi connectivity index (χ3v) is 8.72. The Labute approximate surface area is 260 Å². The Bertz CT molecular complexity index is 1590. The Kier molecular flexibility index (Phi) is 11.4. The third-order valence-electron chi connectivity index (χ3n) is 5.61. The number of hydrogen-bond donors (Lipinski definition) is 0. The molecular formula is C32H29F5O6S2. The molecule has 0 saturated carbocycles. The number of carbonyl (C=O) groups is 1. The Morgan fingerprint density at radius 1 is 0.689 bits per heavy atom. The second-order valence-electron chi connectivity index (χ2n) is 10.3. The van der Waals surface area contributed by atoms with Crippen molar-refractivity contribution in [3.8, 4) is 5.75 Å². The summed E-state index contributed by atoms with van der Waals surface area (Å²) in [5.74, 6) is -0.933. The molecule has 1 atom stereocenters. The summed E-state index contributed by atoms with van der Waals surface area (Å²) in [6.45, 7) is 6.21. The minimum atomic E-state index is -6.69. The van der Waals surface area contributed by atoms with E-state index < -0.39 is 39.2 Å². The molecule has 0 saturated heterocycles. The van der Waals surface area contributed by atoms with Gasteiger partial charge in [-0.2, -0.15) is 22.0 Å². The van der Waals surface area contributed by atoms with Gasteiger partial charge in [0.25, 0.3) is 6.10 Å². The van der Waals surface area contributed by atoms with Gasteiger partial charge < -0.3 is 14.0 Å². The number of carbonyl (C=O) groups excluding carboxylic acids is 1. The van der Waals surface area contributed by atoms with Crippen molar-refractivity contribution in [3.05, 3.63) is 121 Å². The van der Waals surface area contributed by atoms with Crippen molar-refractivity contribution < 1.29 is 49.2 Å². The molecule has 0 fully saturated rings. The number of hydrogen-bond acceptors (Lipinski definition) is 6. The third kappa shape index (κ3) is 10.0. The predicted octanol–water partition coefficient (Wildman–Crippen LogP) is 7.87. The molecule has 0 N–H and O–H groups in total. The number of ether oxygens (including phenoxy) is 2. The lowest BCUT2D eigenvalue weighted by atomic mass is 10.2. The van der Waals surface area contributed by atoms with Gasteiger partial charge in [-0.25, -0.2) is 13.2 Å². The molecule has 0 spiro atoms. The highest BCUT2D eigenvalue weighted by atomic mass is 32.2. The minimum absolute atomic E-state index is 0.102. The zero-order valence-corrected chi connectivity index (χ0v) is 25.8. The van der Waals surface area contributed by atoms with Crippen molar-refractivity contribution >= 4 is 27.0 Å². The van der Waals surface area contributed by atoms with Crippen LogP contribution in [0.2, 0.25) is 0 Å². The van der Waals surface area contributed by atoms with Gasteiger partial charge in [-0.05, 0) is 81.4 Å². The van der Waals surface area contributed by atoms with Crippen molar-refractivity contribution in [3.63, 3.8) is 0 Å². The van der Waals surface area contributed by atoms with E-state index in [0.29, 0.717) is 0 Å². The Morgan fingerprint density at radius 2 is 1.09 bits per heavy atom. The van der Waals surface area contributed by atoms with Gasteiger partial charge in [0.05, 0.1) is 16.5 Å². The summed E-state index contributed by atoms with van der Waals surface area (Å²) in [4.78, 5) is 15.3. The zero-order valence-electron chi connectivity index (χ0n) is 24.2. The molecule has 13 heteroatoms. The molecule has 0 amide bonds. The van der Waals surface area contributed by atoms with E-state index >= 15 is 0 Å². The molecule has 6 nitrogen and oxygen atoms in total. The average Bonchev–Trinajstić information content (AvgIpc) is 2.97. The van der Waals surface area contributed by atoms with E-state index in [1.165, 1.54) is 32.9 Å². The summed E-state index contributed by atoms with van der Waals surface area (Å²) in [7, 11) is -6.79. The first-order valence-corrected chi connectivity index (χ1v) is 15.8. The van der Waals surface area contributed by atoms with Gasteiger partial charge >= 0.3 is 17.4 Å². The highest BCUT2D eigenvalue weighted by Gasteiger charge is 2.63. The molecule has 0 aliphatic rings. The monoisotopic (exact) mass is 668 g/mol. The van der Waals surface area contributed by atoms with Gasteiger partial charge in [-0.1, -0.05) is 54.6 Å². The molecule has 0 aromatic heterocycles. The van der Waals surface area contributed by atoms with Crippen LogP contribution in [-0.2, 0) is 25.7 Å². The Morgan fingerprint density at radius 3 is 1.47 bits per heavy atom. The number of benzene rings is 4.